The maximum Gasteiger partial charge on any atom is 0.117 e. The van der Waals surface area contributed by atoms with E-state index < -0.39 is 0 Å². The van der Waals surface area contributed by atoms with E-state index in [0.29, 0.717) is 0 Å². The van der Waals surface area contributed by atoms with Crippen molar-refractivity contribution >= 4 is 10.9 Å². The quantitative estimate of drug-likeness (QED) is 0.593. The Morgan fingerprint density at radius 1 is 0.773 bits per heavy atom. The second-order valence-electron chi connectivity index (χ2n) is 5.16. The molecule has 0 saturated carbocycles. The molecular formula is C19H14N2O. The van der Waals surface area contributed by atoms with Gasteiger partial charge in [-0.3, -0.25) is 0 Å². The van der Waals surface area contributed by atoms with Crippen LogP contribution in [-0.4, -0.2) is 14.9 Å². The summed E-state index contributed by atoms with van der Waals surface area (Å²) >= 11 is 0. The molecule has 1 N–H and O–H groups in total. The van der Waals surface area contributed by atoms with Crippen molar-refractivity contribution in [1.29, 1.82) is 0 Å². The number of para-hydroxylation sites is 1. The van der Waals surface area contributed by atoms with Crippen LogP contribution in [0.3, 0.4) is 0 Å². The van der Waals surface area contributed by atoms with E-state index in [1.165, 1.54) is 0 Å². The van der Waals surface area contributed by atoms with E-state index in [0.717, 1.165) is 27.8 Å². The number of rotatable bonds is 2. The van der Waals surface area contributed by atoms with Crippen LogP contribution >= 0.6 is 0 Å². The van der Waals surface area contributed by atoms with Gasteiger partial charge in [-0.15, -0.1) is 0 Å². The van der Waals surface area contributed by atoms with Gasteiger partial charge in [0, 0.05) is 17.0 Å². The second kappa shape index (κ2) is 5.04. The first-order valence-electron chi connectivity index (χ1n) is 7.15. The standard InChI is InChI=1S/C19H14N2O/c22-16-10-6-9-15(13-16)21-18-12-5-4-11-17(18)19(20-21)14-7-2-1-3-8-14/h1-13,22H. The Labute approximate surface area is 128 Å². The molecular weight excluding hydrogens is 272 g/mol. The number of phenolic OH excluding ortho intramolecular Hbond substituents is 1. The number of hydrogen-bond acceptors (Lipinski definition) is 2. The van der Waals surface area contributed by atoms with Crippen LogP contribution in [0.5, 0.6) is 5.75 Å². The van der Waals surface area contributed by atoms with E-state index in [1.54, 1.807) is 12.1 Å². The zero-order valence-corrected chi connectivity index (χ0v) is 11.8. The van der Waals surface area contributed by atoms with Gasteiger partial charge in [-0.2, -0.15) is 5.10 Å². The van der Waals surface area contributed by atoms with Gasteiger partial charge in [0.25, 0.3) is 0 Å². The Morgan fingerprint density at radius 2 is 1.55 bits per heavy atom. The predicted octanol–water partition coefficient (Wildman–Crippen LogP) is 4.40. The fourth-order valence-corrected chi connectivity index (χ4v) is 2.70. The van der Waals surface area contributed by atoms with Crippen LogP contribution in [0, 0.1) is 0 Å². The van der Waals surface area contributed by atoms with Crippen LogP contribution in [0.1, 0.15) is 0 Å². The maximum absolute atomic E-state index is 9.73. The van der Waals surface area contributed by atoms with Crippen LogP contribution < -0.4 is 0 Å². The number of benzene rings is 3. The van der Waals surface area contributed by atoms with Crippen LogP contribution in [-0.2, 0) is 0 Å². The fraction of sp³-hybridized carbons (Fsp3) is 0. The predicted molar refractivity (Wildman–Crippen MR) is 88.2 cm³/mol. The van der Waals surface area contributed by atoms with Crippen molar-refractivity contribution in [1.82, 2.24) is 9.78 Å². The summed E-state index contributed by atoms with van der Waals surface area (Å²) in [6.07, 6.45) is 0. The Morgan fingerprint density at radius 3 is 2.36 bits per heavy atom. The molecule has 0 radical (unpaired) electrons. The van der Waals surface area contributed by atoms with Gasteiger partial charge >= 0.3 is 0 Å². The first-order chi connectivity index (χ1) is 10.8. The van der Waals surface area contributed by atoms with Crippen molar-refractivity contribution in [3.05, 3.63) is 78.9 Å². The minimum Gasteiger partial charge on any atom is -0.508 e. The number of phenols is 1. The van der Waals surface area contributed by atoms with Gasteiger partial charge < -0.3 is 5.11 Å². The molecule has 4 rings (SSSR count). The fourth-order valence-electron chi connectivity index (χ4n) is 2.70. The molecule has 3 heteroatoms. The maximum atomic E-state index is 9.73. The molecule has 0 aliphatic rings. The molecule has 3 aromatic carbocycles. The second-order valence-corrected chi connectivity index (χ2v) is 5.16. The summed E-state index contributed by atoms with van der Waals surface area (Å²) in [5.41, 5.74) is 3.89. The molecule has 0 spiro atoms. The van der Waals surface area contributed by atoms with Crippen molar-refractivity contribution in [3.8, 4) is 22.7 Å². The Kier molecular flexibility index (Phi) is 2.90. The third kappa shape index (κ3) is 2.04. The van der Waals surface area contributed by atoms with Gasteiger partial charge in [-0.1, -0.05) is 54.6 Å². The molecule has 1 heterocycles. The highest BCUT2D eigenvalue weighted by Gasteiger charge is 2.12. The summed E-state index contributed by atoms with van der Waals surface area (Å²) in [7, 11) is 0. The number of hydrogen-bond donors (Lipinski definition) is 1. The van der Waals surface area contributed by atoms with Crippen LogP contribution in [0.15, 0.2) is 78.9 Å². The Hall–Kier alpha value is -3.07. The van der Waals surface area contributed by atoms with Crippen LogP contribution in [0.4, 0.5) is 0 Å². The van der Waals surface area contributed by atoms with E-state index in [9.17, 15) is 5.11 Å². The summed E-state index contributed by atoms with van der Waals surface area (Å²) < 4.78 is 1.87. The molecule has 0 bridgehead atoms. The highest BCUT2D eigenvalue weighted by molar-refractivity contribution is 5.94. The number of aromatic hydroxyl groups is 1. The Balaban J connectivity index is 2.01. The minimum atomic E-state index is 0.235. The molecule has 0 saturated heterocycles. The number of nitrogens with zero attached hydrogens (tertiary/aromatic N) is 2. The first kappa shape index (κ1) is 12.7. The van der Waals surface area contributed by atoms with Crippen molar-refractivity contribution in [2.75, 3.05) is 0 Å². The minimum absolute atomic E-state index is 0.235. The summed E-state index contributed by atoms with van der Waals surface area (Å²) in [6, 6.07) is 25.4. The molecule has 0 aliphatic heterocycles. The van der Waals surface area contributed by atoms with Gasteiger partial charge in [-0.05, 0) is 18.2 Å². The van der Waals surface area contributed by atoms with Crippen molar-refractivity contribution in [2.24, 2.45) is 0 Å². The molecule has 22 heavy (non-hydrogen) atoms. The van der Waals surface area contributed by atoms with E-state index >= 15 is 0 Å². The number of fused-ring (bicyclic) bond motifs is 1. The van der Waals surface area contributed by atoms with E-state index in [2.05, 4.69) is 18.2 Å². The van der Waals surface area contributed by atoms with E-state index in [4.69, 9.17) is 5.10 Å². The molecule has 4 aromatic rings. The van der Waals surface area contributed by atoms with Gasteiger partial charge in [0.1, 0.15) is 11.4 Å². The molecule has 1 aromatic heterocycles. The molecule has 3 nitrogen and oxygen atoms in total. The zero-order valence-electron chi connectivity index (χ0n) is 11.8. The Bertz CT molecular complexity index is 942. The highest BCUT2D eigenvalue weighted by atomic mass is 16.3. The molecule has 0 amide bonds. The molecule has 106 valence electrons. The van der Waals surface area contributed by atoms with E-state index in [-0.39, 0.29) is 5.75 Å². The van der Waals surface area contributed by atoms with Crippen molar-refractivity contribution in [3.63, 3.8) is 0 Å². The summed E-state index contributed by atoms with van der Waals surface area (Å²) in [4.78, 5) is 0. The lowest BCUT2D eigenvalue weighted by atomic mass is 10.1. The lowest BCUT2D eigenvalue weighted by Gasteiger charge is -2.03. The molecule has 0 aliphatic carbocycles. The van der Waals surface area contributed by atoms with Crippen LogP contribution in [0.2, 0.25) is 0 Å². The largest absolute Gasteiger partial charge is 0.508 e. The van der Waals surface area contributed by atoms with Gasteiger partial charge in [0.15, 0.2) is 0 Å². The summed E-state index contributed by atoms with van der Waals surface area (Å²) in [5, 5.41) is 15.6. The third-order valence-electron chi connectivity index (χ3n) is 3.71. The lowest BCUT2D eigenvalue weighted by molar-refractivity contribution is 0.475. The molecule has 0 fully saturated rings. The van der Waals surface area contributed by atoms with Crippen molar-refractivity contribution < 1.29 is 5.11 Å². The van der Waals surface area contributed by atoms with Crippen molar-refractivity contribution in [2.45, 2.75) is 0 Å². The summed E-state index contributed by atoms with van der Waals surface area (Å²) in [6.45, 7) is 0. The smallest absolute Gasteiger partial charge is 0.117 e. The lowest BCUT2D eigenvalue weighted by Crippen LogP contribution is -1.95. The van der Waals surface area contributed by atoms with Gasteiger partial charge in [0.05, 0.1) is 11.2 Å². The average molecular weight is 286 g/mol. The monoisotopic (exact) mass is 286 g/mol. The highest BCUT2D eigenvalue weighted by Crippen LogP contribution is 2.30. The summed E-state index contributed by atoms with van der Waals surface area (Å²) in [5.74, 6) is 0.235. The SMILES string of the molecule is Oc1cccc(-n2nc(-c3ccccc3)c3ccccc32)c1. The topological polar surface area (TPSA) is 38.0 Å². The van der Waals surface area contributed by atoms with E-state index in [1.807, 2.05) is 53.2 Å². The number of aromatic nitrogens is 2. The normalized spacial score (nSPS) is 10.9. The average Bonchev–Trinajstić information content (AvgIpc) is 2.95. The molecule has 0 unspecified atom stereocenters. The van der Waals surface area contributed by atoms with Gasteiger partial charge in [-0.25, -0.2) is 4.68 Å². The third-order valence-corrected chi connectivity index (χ3v) is 3.71. The first-order valence-corrected chi connectivity index (χ1v) is 7.15. The molecule has 0 atom stereocenters. The van der Waals surface area contributed by atoms with Gasteiger partial charge in [0.2, 0.25) is 0 Å². The zero-order chi connectivity index (χ0) is 14.9. The van der Waals surface area contributed by atoms with Crippen LogP contribution in [0.25, 0.3) is 27.8 Å².